The zero-order valence-electron chi connectivity index (χ0n) is 16.4. The molecule has 7 heteroatoms. The van der Waals surface area contributed by atoms with Gasteiger partial charge in [0.05, 0.1) is 11.5 Å². The molecular weight excluding hydrogens is 396 g/mol. The molecule has 1 aliphatic rings. The molecule has 0 atom stereocenters. The molecule has 0 saturated heterocycles. The van der Waals surface area contributed by atoms with Gasteiger partial charge in [-0.25, -0.2) is 4.79 Å². The molecule has 1 aliphatic carbocycles. The lowest BCUT2D eigenvalue weighted by molar-refractivity contribution is -0.385. The number of rotatable bonds is 4. The quantitative estimate of drug-likeness (QED) is 0.379. The van der Waals surface area contributed by atoms with E-state index < -0.39 is 16.8 Å². The van der Waals surface area contributed by atoms with E-state index in [1.807, 2.05) is 36.4 Å². The topological polar surface area (TPSA) is 102 Å². The Morgan fingerprint density at radius 1 is 1.06 bits per heavy atom. The lowest BCUT2D eigenvalue weighted by atomic mass is 9.98. The van der Waals surface area contributed by atoms with Crippen LogP contribution in [0, 0.1) is 22.0 Å². The van der Waals surface area contributed by atoms with Crippen LogP contribution in [0.15, 0.2) is 66.7 Å². The number of nitro groups is 1. The molecule has 2 N–H and O–H groups in total. The van der Waals surface area contributed by atoms with Gasteiger partial charge >= 0.3 is 11.8 Å². The van der Waals surface area contributed by atoms with Gasteiger partial charge in [-0.1, -0.05) is 60.4 Å². The van der Waals surface area contributed by atoms with Crippen LogP contribution in [-0.2, 0) is 4.74 Å². The third-order valence-corrected chi connectivity index (χ3v) is 5.07. The predicted octanol–water partition coefficient (Wildman–Crippen LogP) is 4.19. The second kappa shape index (κ2) is 8.59. The summed E-state index contributed by atoms with van der Waals surface area (Å²) in [6, 6.07) is 20.0. The van der Waals surface area contributed by atoms with Crippen LogP contribution in [0.25, 0.3) is 11.1 Å². The number of ether oxygens (including phenoxy) is 1. The molecule has 0 aromatic heterocycles. The van der Waals surface area contributed by atoms with Crippen LogP contribution in [0.5, 0.6) is 5.75 Å². The minimum absolute atomic E-state index is 0.0210. The summed E-state index contributed by atoms with van der Waals surface area (Å²) in [5.74, 6) is 4.97. The van der Waals surface area contributed by atoms with Crippen molar-refractivity contribution in [1.82, 2.24) is 5.32 Å². The number of amides is 1. The average molecular weight is 414 g/mol. The van der Waals surface area contributed by atoms with Crippen LogP contribution in [0.1, 0.15) is 22.6 Å². The van der Waals surface area contributed by atoms with E-state index in [1.54, 1.807) is 0 Å². The van der Waals surface area contributed by atoms with E-state index in [4.69, 9.17) is 4.74 Å². The Hall–Kier alpha value is -4.31. The van der Waals surface area contributed by atoms with E-state index in [1.165, 1.54) is 18.2 Å². The molecule has 154 valence electrons. The van der Waals surface area contributed by atoms with E-state index in [0.29, 0.717) is 5.56 Å². The molecule has 0 heterocycles. The fraction of sp³-hybridized carbons (Fsp3) is 0.125. The summed E-state index contributed by atoms with van der Waals surface area (Å²) in [6.07, 6.45) is -0.581. The van der Waals surface area contributed by atoms with Crippen LogP contribution >= 0.6 is 0 Å². The van der Waals surface area contributed by atoms with Gasteiger partial charge in [0, 0.05) is 23.6 Å². The van der Waals surface area contributed by atoms with Crippen molar-refractivity contribution in [2.24, 2.45) is 0 Å². The number of carbonyl (C=O) groups excluding carboxylic acids is 1. The smallest absolute Gasteiger partial charge is 0.407 e. The van der Waals surface area contributed by atoms with Crippen molar-refractivity contribution in [3.05, 3.63) is 93.5 Å². The Kier molecular flexibility index (Phi) is 5.54. The zero-order valence-corrected chi connectivity index (χ0v) is 16.4. The molecule has 3 aromatic rings. The molecule has 0 bridgehead atoms. The molecule has 0 unspecified atom stereocenters. The van der Waals surface area contributed by atoms with Gasteiger partial charge in [-0.15, -0.1) is 0 Å². The summed E-state index contributed by atoms with van der Waals surface area (Å²) in [5.41, 5.74) is 4.59. The van der Waals surface area contributed by atoms with Crippen molar-refractivity contribution < 1.29 is 19.6 Å². The highest BCUT2D eigenvalue weighted by atomic mass is 16.6. The number of phenolic OH excluding ortho intramolecular Hbond substituents is 1. The number of hydrogen-bond acceptors (Lipinski definition) is 5. The first-order chi connectivity index (χ1) is 15.0. The van der Waals surface area contributed by atoms with Gasteiger partial charge in [-0.3, -0.25) is 10.1 Å². The first-order valence-corrected chi connectivity index (χ1v) is 9.59. The highest BCUT2D eigenvalue weighted by Gasteiger charge is 2.28. The van der Waals surface area contributed by atoms with Crippen LogP contribution < -0.4 is 5.32 Å². The predicted molar refractivity (Wildman–Crippen MR) is 115 cm³/mol. The summed E-state index contributed by atoms with van der Waals surface area (Å²) in [4.78, 5) is 22.1. The number of carbonyl (C=O) groups is 1. The molecule has 0 spiro atoms. The molecular formula is C24H18N2O5. The maximum Gasteiger partial charge on any atom is 0.407 e. The number of nitrogens with zero attached hydrogens (tertiary/aromatic N) is 1. The molecule has 0 saturated carbocycles. The molecule has 1 amide bonds. The minimum Gasteiger partial charge on any atom is -0.502 e. The summed E-state index contributed by atoms with van der Waals surface area (Å²) in [6.45, 7) is 0.248. The average Bonchev–Trinajstić information content (AvgIpc) is 3.09. The van der Waals surface area contributed by atoms with Crippen LogP contribution in [-0.4, -0.2) is 29.3 Å². The fourth-order valence-corrected chi connectivity index (χ4v) is 3.67. The van der Waals surface area contributed by atoms with Gasteiger partial charge in [0.25, 0.3) is 0 Å². The normalized spacial score (nSPS) is 11.6. The van der Waals surface area contributed by atoms with Crippen LogP contribution in [0.2, 0.25) is 0 Å². The van der Waals surface area contributed by atoms with E-state index in [-0.39, 0.29) is 24.8 Å². The Labute approximate surface area is 178 Å². The summed E-state index contributed by atoms with van der Waals surface area (Å²) in [5, 5.41) is 22.9. The number of hydrogen-bond donors (Lipinski definition) is 2. The fourth-order valence-electron chi connectivity index (χ4n) is 3.67. The van der Waals surface area contributed by atoms with Crippen LogP contribution in [0.3, 0.4) is 0 Å². The third kappa shape index (κ3) is 4.19. The number of aromatic hydroxyl groups is 1. The van der Waals surface area contributed by atoms with Crippen molar-refractivity contribution in [2.45, 2.75) is 5.92 Å². The van der Waals surface area contributed by atoms with Gasteiger partial charge in [-0.05, 0) is 28.3 Å². The van der Waals surface area contributed by atoms with Crippen molar-refractivity contribution in [3.63, 3.8) is 0 Å². The number of alkyl carbamates (subject to hydrolysis) is 1. The van der Waals surface area contributed by atoms with Gasteiger partial charge in [0.15, 0.2) is 5.75 Å². The Balaban J connectivity index is 1.34. The largest absolute Gasteiger partial charge is 0.502 e. The lowest BCUT2D eigenvalue weighted by Crippen LogP contribution is -2.26. The second-order valence-corrected chi connectivity index (χ2v) is 6.94. The standard InChI is InChI=1S/C24H18N2O5/c27-23-14-16(11-12-22(23)26(29)30)6-5-13-25-24(28)31-15-21-19-9-3-1-7-17(19)18-8-2-4-10-20(18)21/h1-4,7-12,14,21,27H,13,15H2,(H,25,28). The van der Waals surface area contributed by atoms with Crippen molar-refractivity contribution >= 4 is 11.8 Å². The Morgan fingerprint density at radius 2 is 1.71 bits per heavy atom. The number of fused-ring (bicyclic) bond motifs is 3. The van der Waals surface area contributed by atoms with Crippen molar-refractivity contribution in [1.29, 1.82) is 0 Å². The summed E-state index contributed by atoms with van der Waals surface area (Å²) >= 11 is 0. The Morgan fingerprint density at radius 3 is 2.32 bits per heavy atom. The molecule has 0 aliphatic heterocycles. The maximum absolute atomic E-state index is 12.1. The lowest BCUT2D eigenvalue weighted by Gasteiger charge is -2.14. The molecule has 3 aromatic carbocycles. The number of phenols is 1. The van der Waals surface area contributed by atoms with Gasteiger partial charge in [0.1, 0.15) is 6.61 Å². The zero-order chi connectivity index (χ0) is 21.8. The highest BCUT2D eigenvalue weighted by molar-refractivity contribution is 5.79. The molecule has 7 nitrogen and oxygen atoms in total. The molecule has 4 rings (SSSR count). The number of benzene rings is 3. The molecule has 31 heavy (non-hydrogen) atoms. The maximum atomic E-state index is 12.1. The highest BCUT2D eigenvalue weighted by Crippen LogP contribution is 2.44. The SMILES string of the molecule is O=C(NCC#Cc1ccc([N+](=O)[O-])c(O)c1)OCC1c2ccccc2-c2ccccc21. The molecule has 0 fully saturated rings. The number of nitrogens with one attached hydrogen (secondary N) is 1. The van der Waals surface area contributed by atoms with Gasteiger partial charge in [-0.2, -0.15) is 0 Å². The van der Waals surface area contributed by atoms with Crippen molar-refractivity contribution in [2.75, 3.05) is 13.2 Å². The van der Waals surface area contributed by atoms with E-state index in [0.717, 1.165) is 22.3 Å². The van der Waals surface area contributed by atoms with Gasteiger partial charge < -0.3 is 15.2 Å². The number of nitro benzene ring substituents is 1. The van der Waals surface area contributed by atoms with Crippen molar-refractivity contribution in [3.8, 4) is 28.7 Å². The Bertz CT molecular complexity index is 1180. The monoisotopic (exact) mass is 414 g/mol. The summed E-state index contributed by atoms with van der Waals surface area (Å²) in [7, 11) is 0. The molecule has 0 radical (unpaired) electrons. The van der Waals surface area contributed by atoms with E-state index in [9.17, 15) is 20.0 Å². The third-order valence-electron chi connectivity index (χ3n) is 5.07. The van der Waals surface area contributed by atoms with E-state index in [2.05, 4.69) is 29.3 Å². The summed E-state index contributed by atoms with van der Waals surface area (Å²) < 4.78 is 5.42. The first kappa shape index (κ1) is 20.0. The van der Waals surface area contributed by atoms with Crippen LogP contribution in [0.4, 0.5) is 10.5 Å². The van der Waals surface area contributed by atoms with Gasteiger partial charge in [0.2, 0.25) is 0 Å². The first-order valence-electron chi connectivity index (χ1n) is 9.59. The minimum atomic E-state index is -0.675. The second-order valence-electron chi connectivity index (χ2n) is 6.94. The van der Waals surface area contributed by atoms with E-state index >= 15 is 0 Å².